The molecule has 2 aromatic carbocycles. The second kappa shape index (κ2) is 10.1. The first-order valence-electron chi connectivity index (χ1n) is 12.6. The molecule has 1 aliphatic heterocycles. The molecule has 0 aliphatic carbocycles. The third-order valence-electron chi connectivity index (χ3n) is 6.66. The number of pyridine rings is 1. The van der Waals surface area contributed by atoms with Crippen molar-refractivity contribution in [1.82, 2.24) is 9.71 Å². The van der Waals surface area contributed by atoms with Gasteiger partial charge in [-0.05, 0) is 82.3 Å². The lowest BCUT2D eigenvalue weighted by Gasteiger charge is -2.25. The van der Waals surface area contributed by atoms with Gasteiger partial charge in [0.25, 0.3) is 0 Å². The molecule has 38 heavy (non-hydrogen) atoms. The van der Waals surface area contributed by atoms with E-state index in [0.29, 0.717) is 11.6 Å². The molecule has 3 atom stereocenters. The first-order valence-corrected chi connectivity index (χ1v) is 15.0. The summed E-state index contributed by atoms with van der Waals surface area (Å²) in [6, 6.07) is 19.9. The molecule has 0 amide bonds. The van der Waals surface area contributed by atoms with Crippen LogP contribution < -0.4 is 4.72 Å². The smallest absolute Gasteiger partial charge is 0.164 e. The van der Waals surface area contributed by atoms with Gasteiger partial charge in [-0.15, -0.1) is 11.3 Å². The van der Waals surface area contributed by atoms with Crippen molar-refractivity contribution in [2.75, 3.05) is 6.61 Å². The summed E-state index contributed by atoms with van der Waals surface area (Å²) in [5, 5.41) is 1.74. The van der Waals surface area contributed by atoms with Gasteiger partial charge in [0.05, 0.1) is 34.1 Å². The summed E-state index contributed by atoms with van der Waals surface area (Å²) in [5.74, 6) is -0.630. The number of nitrogens with zero attached hydrogens (tertiary/aromatic N) is 1. The van der Waals surface area contributed by atoms with Gasteiger partial charge in [0.2, 0.25) is 0 Å². The van der Waals surface area contributed by atoms with Gasteiger partial charge in [-0.3, -0.25) is 4.98 Å². The van der Waals surface area contributed by atoms with Gasteiger partial charge in [-0.2, -0.15) is 0 Å². The standard InChI is InChI=1S/C30H33ClN2O3S2/c1-28(2,3)38(34)33-26(21-11-7-8-13-23(21)31)25-16-19-10-9-12-22(27(19)37-25)24-17-20(14-15-32-24)30(6)18-35-29(4,5)36-30/h7-17,26,33H,18H2,1-6H3/t26?,30-,38?/m1/s1. The number of thiophene rings is 1. The zero-order valence-corrected chi connectivity index (χ0v) is 24.9. The van der Waals surface area contributed by atoms with E-state index >= 15 is 0 Å². The minimum Gasteiger partial charge on any atom is -0.347 e. The van der Waals surface area contributed by atoms with Crippen LogP contribution in [0.25, 0.3) is 21.3 Å². The summed E-state index contributed by atoms with van der Waals surface area (Å²) in [6.07, 6.45) is 1.83. The van der Waals surface area contributed by atoms with Gasteiger partial charge >= 0.3 is 0 Å². The molecule has 8 heteroatoms. The van der Waals surface area contributed by atoms with Crippen LogP contribution in [0.5, 0.6) is 0 Å². The van der Waals surface area contributed by atoms with Gasteiger partial charge < -0.3 is 9.47 Å². The quantitative estimate of drug-likeness (QED) is 0.258. The van der Waals surface area contributed by atoms with E-state index in [2.05, 4.69) is 35.9 Å². The van der Waals surface area contributed by atoms with Crippen LogP contribution in [0.2, 0.25) is 5.02 Å². The summed E-state index contributed by atoms with van der Waals surface area (Å²) in [6.45, 7) is 12.3. The van der Waals surface area contributed by atoms with E-state index < -0.39 is 27.1 Å². The number of rotatable bonds is 6. The molecule has 1 N–H and O–H groups in total. The molecule has 2 unspecified atom stereocenters. The van der Waals surface area contributed by atoms with Gasteiger partial charge in [0.15, 0.2) is 5.79 Å². The van der Waals surface area contributed by atoms with Gasteiger partial charge in [-0.1, -0.05) is 48.0 Å². The lowest BCUT2D eigenvalue weighted by Crippen LogP contribution is -2.36. The number of benzene rings is 2. The van der Waals surface area contributed by atoms with Crippen LogP contribution in [-0.2, 0) is 26.1 Å². The summed E-state index contributed by atoms with van der Waals surface area (Å²) in [5.41, 5.74) is 3.28. The molecular weight excluding hydrogens is 536 g/mol. The Morgan fingerprint density at radius 2 is 1.84 bits per heavy atom. The van der Waals surface area contributed by atoms with Crippen LogP contribution in [0.1, 0.15) is 63.6 Å². The van der Waals surface area contributed by atoms with Crippen molar-refractivity contribution < 1.29 is 13.7 Å². The number of ether oxygens (including phenoxy) is 2. The SMILES string of the molecule is CC1(C)OC[C@](C)(c2ccnc(-c3cccc4cc(C(NS(=O)C(C)(C)C)c5ccccc5Cl)sc34)c2)O1. The minimum atomic E-state index is -1.30. The van der Waals surface area contributed by atoms with E-state index in [0.717, 1.165) is 37.3 Å². The van der Waals surface area contributed by atoms with E-state index in [4.69, 9.17) is 26.1 Å². The molecule has 5 nitrogen and oxygen atoms in total. The summed E-state index contributed by atoms with van der Waals surface area (Å²) in [7, 11) is -1.30. The number of fused-ring (bicyclic) bond motifs is 1. The maximum atomic E-state index is 13.2. The highest BCUT2D eigenvalue weighted by Crippen LogP contribution is 2.42. The number of aromatic nitrogens is 1. The van der Waals surface area contributed by atoms with E-state index in [1.807, 2.05) is 77.2 Å². The van der Waals surface area contributed by atoms with E-state index in [9.17, 15) is 4.21 Å². The Balaban J connectivity index is 1.58. The predicted molar refractivity (Wildman–Crippen MR) is 158 cm³/mol. The number of halogens is 1. The molecule has 0 radical (unpaired) electrons. The van der Waals surface area contributed by atoms with Crippen molar-refractivity contribution in [3.63, 3.8) is 0 Å². The van der Waals surface area contributed by atoms with Crippen molar-refractivity contribution in [2.45, 2.75) is 63.7 Å². The zero-order chi connectivity index (χ0) is 27.3. The van der Waals surface area contributed by atoms with Crippen molar-refractivity contribution in [3.8, 4) is 11.3 Å². The fourth-order valence-electron chi connectivity index (χ4n) is 4.66. The van der Waals surface area contributed by atoms with Crippen molar-refractivity contribution in [2.24, 2.45) is 0 Å². The fourth-order valence-corrected chi connectivity index (χ4v) is 7.05. The normalized spacial score (nSPS) is 21.0. The molecule has 2 aromatic heterocycles. The third-order valence-corrected chi connectivity index (χ3v) is 9.81. The zero-order valence-electron chi connectivity index (χ0n) is 22.5. The predicted octanol–water partition coefficient (Wildman–Crippen LogP) is 7.76. The molecule has 200 valence electrons. The summed E-state index contributed by atoms with van der Waals surface area (Å²) >= 11 is 8.31. The van der Waals surface area contributed by atoms with Crippen molar-refractivity contribution in [3.05, 3.63) is 87.9 Å². The molecular formula is C30H33ClN2O3S2. The van der Waals surface area contributed by atoms with Crippen LogP contribution in [-0.4, -0.2) is 26.3 Å². The third kappa shape index (κ3) is 5.46. The number of nitrogens with one attached hydrogen (secondary N) is 1. The van der Waals surface area contributed by atoms with Crippen molar-refractivity contribution >= 4 is 44.0 Å². The fraction of sp³-hybridized carbons (Fsp3) is 0.367. The topological polar surface area (TPSA) is 60.5 Å². The highest BCUT2D eigenvalue weighted by atomic mass is 35.5. The van der Waals surface area contributed by atoms with Gasteiger partial charge in [0.1, 0.15) is 5.60 Å². The molecule has 1 fully saturated rings. The largest absolute Gasteiger partial charge is 0.347 e. The van der Waals surface area contributed by atoms with Crippen LogP contribution in [0.3, 0.4) is 0 Å². The second-order valence-corrected chi connectivity index (χ2v) is 14.8. The van der Waals surface area contributed by atoms with Crippen molar-refractivity contribution in [1.29, 1.82) is 0 Å². The van der Waals surface area contributed by atoms with E-state index in [1.165, 1.54) is 0 Å². The maximum Gasteiger partial charge on any atom is 0.164 e. The summed E-state index contributed by atoms with van der Waals surface area (Å²) in [4.78, 5) is 5.77. The average molecular weight is 569 g/mol. The summed E-state index contributed by atoms with van der Waals surface area (Å²) < 4.78 is 29.4. The first kappa shape index (κ1) is 27.4. The highest BCUT2D eigenvalue weighted by Gasteiger charge is 2.43. The molecule has 1 aliphatic rings. The van der Waals surface area contributed by atoms with Crippen LogP contribution >= 0.6 is 22.9 Å². The van der Waals surface area contributed by atoms with Crippen LogP contribution in [0, 0.1) is 0 Å². The molecule has 0 spiro atoms. The van der Waals surface area contributed by atoms with Crippen LogP contribution in [0.15, 0.2) is 66.9 Å². The molecule has 1 saturated heterocycles. The van der Waals surface area contributed by atoms with E-state index in [-0.39, 0.29) is 6.04 Å². The number of hydrogen-bond donors (Lipinski definition) is 1. The Bertz CT molecular complexity index is 1510. The molecule has 3 heterocycles. The average Bonchev–Trinajstić information content (AvgIpc) is 3.42. The van der Waals surface area contributed by atoms with Gasteiger partial charge in [0, 0.05) is 26.4 Å². The molecule has 5 rings (SSSR count). The Morgan fingerprint density at radius 3 is 2.53 bits per heavy atom. The highest BCUT2D eigenvalue weighted by molar-refractivity contribution is 7.84. The minimum absolute atomic E-state index is 0.321. The Labute approximate surface area is 236 Å². The Morgan fingerprint density at radius 1 is 1.08 bits per heavy atom. The maximum absolute atomic E-state index is 13.2. The van der Waals surface area contributed by atoms with E-state index in [1.54, 1.807) is 11.3 Å². The molecule has 0 bridgehead atoms. The van der Waals surface area contributed by atoms with Crippen LogP contribution in [0.4, 0.5) is 0 Å². The Kier molecular flexibility index (Phi) is 7.31. The lowest BCUT2D eigenvalue weighted by molar-refractivity contribution is -0.159. The molecule has 0 saturated carbocycles. The molecule has 4 aromatic rings. The van der Waals surface area contributed by atoms with Gasteiger partial charge in [-0.25, -0.2) is 8.93 Å². The second-order valence-electron chi connectivity index (χ2n) is 11.3. The monoisotopic (exact) mass is 568 g/mol. The number of hydrogen-bond acceptors (Lipinski definition) is 5. The first-order chi connectivity index (χ1) is 17.9. The lowest BCUT2D eigenvalue weighted by atomic mass is 9.96. The Hall–Kier alpha value is -2.13.